The molecule has 0 spiro atoms. The van der Waals surface area contributed by atoms with Gasteiger partial charge < -0.3 is 20.1 Å². The van der Waals surface area contributed by atoms with E-state index in [1.807, 2.05) is 60.0 Å². The summed E-state index contributed by atoms with van der Waals surface area (Å²) in [5, 5.41) is 15.0. The predicted octanol–water partition coefficient (Wildman–Crippen LogP) is 1.91. The van der Waals surface area contributed by atoms with E-state index in [1.54, 1.807) is 14.2 Å². The van der Waals surface area contributed by atoms with Gasteiger partial charge in [-0.1, -0.05) is 18.2 Å². The first-order chi connectivity index (χ1) is 13.7. The van der Waals surface area contributed by atoms with Crippen molar-refractivity contribution in [2.75, 3.05) is 27.2 Å². The Labute approximate surface area is 164 Å². The molecular formula is C20H26N6O2. The summed E-state index contributed by atoms with van der Waals surface area (Å²) in [6.07, 6.45) is 2.64. The van der Waals surface area contributed by atoms with Crippen LogP contribution in [0.5, 0.6) is 11.5 Å². The Morgan fingerprint density at radius 1 is 1.11 bits per heavy atom. The molecule has 3 rings (SSSR count). The Morgan fingerprint density at radius 3 is 2.68 bits per heavy atom. The van der Waals surface area contributed by atoms with Crippen LogP contribution < -0.4 is 20.1 Å². The van der Waals surface area contributed by atoms with Gasteiger partial charge in [0, 0.05) is 26.2 Å². The summed E-state index contributed by atoms with van der Waals surface area (Å²) < 4.78 is 13.3. The molecule has 0 saturated carbocycles. The minimum Gasteiger partial charge on any atom is -0.493 e. The summed E-state index contributed by atoms with van der Waals surface area (Å²) in [6.45, 7) is 3.29. The van der Waals surface area contributed by atoms with Crippen LogP contribution in [0.25, 0.3) is 5.65 Å². The normalized spacial score (nSPS) is 12.6. The monoisotopic (exact) mass is 382 g/mol. The number of aliphatic imine (C=N–C) groups is 1. The van der Waals surface area contributed by atoms with E-state index in [2.05, 4.69) is 25.8 Å². The SMILES string of the molecule is CN=C(NCCc1nnc2ccccn12)NCC(C)Oc1ccccc1OC. The van der Waals surface area contributed by atoms with Gasteiger partial charge >= 0.3 is 0 Å². The van der Waals surface area contributed by atoms with Gasteiger partial charge in [0.05, 0.1) is 13.7 Å². The topological polar surface area (TPSA) is 85.1 Å². The number of nitrogens with zero attached hydrogens (tertiary/aromatic N) is 4. The largest absolute Gasteiger partial charge is 0.493 e. The second-order valence-corrected chi connectivity index (χ2v) is 6.25. The molecule has 0 fully saturated rings. The summed E-state index contributed by atoms with van der Waals surface area (Å²) in [4.78, 5) is 4.25. The van der Waals surface area contributed by atoms with Crippen molar-refractivity contribution in [3.8, 4) is 11.5 Å². The molecule has 1 atom stereocenters. The van der Waals surface area contributed by atoms with E-state index in [9.17, 15) is 0 Å². The minimum absolute atomic E-state index is 0.0599. The second kappa shape index (κ2) is 9.59. The number of guanidine groups is 1. The molecule has 8 heteroatoms. The minimum atomic E-state index is -0.0599. The molecule has 148 valence electrons. The lowest BCUT2D eigenvalue weighted by Gasteiger charge is -2.19. The van der Waals surface area contributed by atoms with Crippen molar-refractivity contribution in [3.63, 3.8) is 0 Å². The molecule has 2 N–H and O–H groups in total. The number of hydrogen-bond donors (Lipinski definition) is 2. The zero-order valence-corrected chi connectivity index (χ0v) is 16.4. The van der Waals surface area contributed by atoms with Crippen LogP contribution in [0, 0.1) is 0 Å². The fourth-order valence-corrected chi connectivity index (χ4v) is 2.79. The van der Waals surface area contributed by atoms with Crippen LogP contribution in [-0.4, -0.2) is 53.9 Å². The molecule has 0 bridgehead atoms. The number of para-hydroxylation sites is 2. The van der Waals surface area contributed by atoms with Crippen LogP contribution in [0.4, 0.5) is 0 Å². The first-order valence-corrected chi connectivity index (χ1v) is 9.24. The Bertz CT molecular complexity index is 924. The van der Waals surface area contributed by atoms with Crippen LogP contribution in [0.1, 0.15) is 12.7 Å². The quantitative estimate of drug-likeness (QED) is 0.457. The number of pyridine rings is 1. The number of aromatic nitrogens is 3. The smallest absolute Gasteiger partial charge is 0.191 e. The van der Waals surface area contributed by atoms with Crippen molar-refractivity contribution in [2.45, 2.75) is 19.4 Å². The van der Waals surface area contributed by atoms with Crippen LogP contribution in [-0.2, 0) is 6.42 Å². The summed E-state index contributed by atoms with van der Waals surface area (Å²) in [6, 6.07) is 13.5. The van der Waals surface area contributed by atoms with Gasteiger partial charge in [-0.15, -0.1) is 10.2 Å². The van der Waals surface area contributed by atoms with E-state index >= 15 is 0 Å². The van der Waals surface area contributed by atoms with E-state index in [1.165, 1.54) is 0 Å². The van der Waals surface area contributed by atoms with Crippen molar-refractivity contribution in [1.82, 2.24) is 25.2 Å². The van der Waals surface area contributed by atoms with Crippen LogP contribution in [0.2, 0.25) is 0 Å². The van der Waals surface area contributed by atoms with Crippen molar-refractivity contribution in [3.05, 3.63) is 54.5 Å². The van der Waals surface area contributed by atoms with Gasteiger partial charge in [0.15, 0.2) is 23.1 Å². The second-order valence-electron chi connectivity index (χ2n) is 6.25. The Balaban J connectivity index is 1.45. The molecule has 1 aromatic carbocycles. The molecule has 3 aromatic rings. The molecule has 2 aromatic heterocycles. The third-order valence-corrected chi connectivity index (χ3v) is 4.20. The summed E-state index contributed by atoms with van der Waals surface area (Å²) in [7, 11) is 3.38. The Kier molecular flexibility index (Phi) is 6.67. The average Bonchev–Trinajstić information content (AvgIpc) is 3.14. The maximum Gasteiger partial charge on any atom is 0.191 e. The first kappa shape index (κ1) is 19.5. The maximum absolute atomic E-state index is 5.95. The van der Waals surface area contributed by atoms with Crippen LogP contribution in [0.3, 0.4) is 0 Å². The molecule has 28 heavy (non-hydrogen) atoms. The molecule has 8 nitrogen and oxygen atoms in total. The fourth-order valence-electron chi connectivity index (χ4n) is 2.79. The Hall–Kier alpha value is -3.29. The van der Waals surface area contributed by atoms with Gasteiger partial charge in [0.2, 0.25) is 0 Å². The maximum atomic E-state index is 5.95. The van der Waals surface area contributed by atoms with Crippen molar-refractivity contribution in [1.29, 1.82) is 0 Å². The number of rotatable bonds is 8. The zero-order valence-electron chi connectivity index (χ0n) is 16.4. The molecular weight excluding hydrogens is 356 g/mol. The lowest BCUT2D eigenvalue weighted by atomic mass is 10.3. The van der Waals surface area contributed by atoms with Gasteiger partial charge in [0.25, 0.3) is 0 Å². The molecule has 1 unspecified atom stereocenters. The zero-order chi connectivity index (χ0) is 19.8. The molecule has 0 saturated heterocycles. The van der Waals surface area contributed by atoms with Gasteiger partial charge in [-0.3, -0.25) is 9.39 Å². The molecule has 2 heterocycles. The predicted molar refractivity (Wildman–Crippen MR) is 109 cm³/mol. The molecule has 0 aliphatic rings. The molecule has 0 aliphatic carbocycles. The number of methoxy groups -OCH3 is 1. The summed E-state index contributed by atoms with van der Waals surface area (Å²) in [5.74, 6) is 3.06. The van der Waals surface area contributed by atoms with Crippen molar-refractivity contribution >= 4 is 11.6 Å². The fraction of sp³-hybridized carbons (Fsp3) is 0.350. The highest BCUT2D eigenvalue weighted by Gasteiger charge is 2.10. The summed E-state index contributed by atoms with van der Waals surface area (Å²) in [5.41, 5.74) is 0.849. The number of fused-ring (bicyclic) bond motifs is 1. The third-order valence-electron chi connectivity index (χ3n) is 4.20. The average molecular weight is 382 g/mol. The van der Waals surface area contributed by atoms with Crippen LogP contribution in [0.15, 0.2) is 53.7 Å². The highest BCUT2D eigenvalue weighted by Crippen LogP contribution is 2.26. The van der Waals surface area contributed by atoms with Gasteiger partial charge in [0.1, 0.15) is 11.9 Å². The van der Waals surface area contributed by atoms with Crippen LogP contribution >= 0.6 is 0 Å². The van der Waals surface area contributed by atoms with E-state index < -0.39 is 0 Å². The molecule has 0 radical (unpaired) electrons. The third kappa shape index (κ3) is 4.91. The Morgan fingerprint density at radius 2 is 1.89 bits per heavy atom. The van der Waals surface area contributed by atoms with Gasteiger partial charge in [-0.05, 0) is 31.2 Å². The van der Waals surface area contributed by atoms with E-state index in [4.69, 9.17) is 9.47 Å². The standard InChI is InChI=1S/C20H26N6O2/c1-15(28-17-9-5-4-8-16(17)27-3)14-23-20(21-2)22-12-11-19-25-24-18-10-6-7-13-26(18)19/h4-10,13,15H,11-12,14H2,1-3H3,(H2,21,22,23). The first-order valence-electron chi connectivity index (χ1n) is 9.24. The lowest BCUT2D eigenvalue weighted by molar-refractivity contribution is 0.213. The molecule has 0 amide bonds. The van der Waals surface area contributed by atoms with Gasteiger partial charge in [-0.25, -0.2) is 0 Å². The van der Waals surface area contributed by atoms with Gasteiger partial charge in [-0.2, -0.15) is 0 Å². The number of ether oxygens (including phenoxy) is 2. The lowest BCUT2D eigenvalue weighted by Crippen LogP contribution is -2.42. The van der Waals surface area contributed by atoms with E-state index in [0.29, 0.717) is 19.0 Å². The van der Waals surface area contributed by atoms with E-state index in [-0.39, 0.29) is 6.10 Å². The molecule has 0 aliphatic heterocycles. The highest BCUT2D eigenvalue weighted by atomic mass is 16.5. The number of nitrogens with one attached hydrogen (secondary N) is 2. The number of benzene rings is 1. The van der Waals surface area contributed by atoms with Crippen molar-refractivity contribution in [2.24, 2.45) is 4.99 Å². The number of hydrogen-bond acceptors (Lipinski definition) is 5. The van der Waals surface area contributed by atoms with Crippen molar-refractivity contribution < 1.29 is 9.47 Å². The highest BCUT2D eigenvalue weighted by molar-refractivity contribution is 5.79. The van der Waals surface area contributed by atoms with E-state index in [0.717, 1.165) is 29.4 Å². The summed E-state index contributed by atoms with van der Waals surface area (Å²) >= 11 is 0.